The van der Waals surface area contributed by atoms with E-state index in [-0.39, 0.29) is 35.9 Å². The topological polar surface area (TPSA) is 55.4 Å². The average Bonchev–Trinajstić information content (AvgIpc) is 2.64. The van der Waals surface area contributed by atoms with E-state index >= 15 is 0 Å². The van der Waals surface area contributed by atoms with Crippen molar-refractivity contribution < 1.29 is 14.3 Å². The van der Waals surface area contributed by atoms with Gasteiger partial charge in [0.1, 0.15) is 0 Å². The first kappa shape index (κ1) is 6.37. The number of carbonyl (C=O) groups is 2. The van der Waals surface area contributed by atoms with Crippen LogP contribution in [-0.4, -0.2) is 24.0 Å². The number of hydrogen-bond donors (Lipinski definition) is 1. The molecular formula is C8H7NO3. The first-order chi connectivity index (χ1) is 5.77. The summed E-state index contributed by atoms with van der Waals surface area (Å²) < 4.78 is 5.39. The molecule has 0 aliphatic carbocycles. The van der Waals surface area contributed by atoms with Gasteiger partial charge in [-0.3, -0.25) is 14.9 Å². The van der Waals surface area contributed by atoms with Crippen LogP contribution in [0, 0.1) is 11.8 Å². The Bertz CT molecular complexity index is 281. The second-order valence-electron chi connectivity index (χ2n) is 3.36. The van der Waals surface area contributed by atoms with Crippen LogP contribution in [0.4, 0.5) is 0 Å². The fraction of sp³-hybridized carbons (Fsp3) is 0.500. The van der Waals surface area contributed by atoms with Gasteiger partial charge in [0.05, 0.1) is 24.0 Å². The number of imide groups is 1. The Morgan fingerprint density at radius 1 is 1.08 bits per heavy atom. The molecule has 3 aliphatic rings. The summed E-state index contributed by atoms with van der Waals surface area (Å²) in [6, 6.07) is 0. The van der Waals surface area contributed by atoms with Gasteiger partial charge in [0.15, 0.2) is 0 Å². The lowest BCUT2D eigenvalue weighted by Crippen LogP contribution is -2.27. The van der Waals surface area contributed by atoms with Gasteiger partial charge in [-0.15, -0.1) is 0 Å². The zero-order valence-corrected chi connectivity index (χ0v) is 6.19. The maximum atomic E-state index is 11.2. The monoisotopic (exact) mass is 165 g/mol. The summed E-state index contributed by atoms with van der Waals surface area (Å²) in [4.78, 5) is 22.4. The van der Waals surface area contributed by atoms with Crippen LogP contribution in [0.25, 0.3) is 0 Å². The van der Waals surface area contributed by atoms with Crippen molar-refractivity contribution in [1.82, 2.24) is 5.32 Å². The lowest BCUT2D eigenvalue weighted by Gasteiger charge is -2.10. The van der Waals surface area contributed by atoms with Crippen molar-refractivity contribution in [2.75, 3.05) is 0 Å². The molecule has 0 aromatic carbocycles. The number of ether oxygens (including phenoxy) is 1. The number of fused-ring (bicyclic) bond motifs is 5. The van der Waals surface area contributed by atoms with Crippen LogP contribution in [0.2, 0.25) is 0 Å². The summed E-state index contributed by atoms with van der Waals surface area (Å²) in [6.07, 6.45) is 3.41. The lowest BCUT2D eigenvalue weighted by atomic mass is 9.85. The maximum Gasteiger partial charge on any atom is 0.233 e. The number of rotatable bonds is 0. The predicted molar refractivity (Wildman–Crippen MR) is 37.9 cm³/mol. The molecule has 62 valence electrons. The Morgan fingerprint density at radius 2 is 1.58 bits per heavy atom. The molecule has 0 aromatic rings. The Hall–Kier alpha value is -1.16. The molecule has 0 saturated carbocycles. The Balaban J connectivity index is 2.08. The summed E-state index contributed by atoms with van der Waals surface area (Å²) in [5.74, 6) is -0.872. The molecule has 2 bridgehead atoms. The van der Waals surface area contributed by atoms with Crippen LogP contribution < -0.4 is 5.32 Å². The highest BCUT2D eigenvalue weighted by atomic mass is 16.5. The number of amides is 2. The van der Waals surface area contributed by atoms with Gasteiger partial charge in [-0.25, -0.2) is 0 Å². The van der Waals surface area contributed by atoms with Gasteiger partial charge >= 0.3 is 0 Å². The number of hydrogen-bond acceptors (Lipinski definition) is 3. The van der Waals surface area contributed by atoms with Crippen molar-refractivity contribution in [2.45, 2.75) is 12.2 Å². The van der Waals surface area contributed by atoms with Gasteiger partial charge in [-0.05, 0) is 0 Å². The van der Waals surface area contributed by atoms with Crippen LogP contribution in [0.3, 0.4) is 0 Å². The van der Waals surface area contributed by atoms with Crippen LogP contribution in [0.1, 0.15) is 0 Å². The highest BCUT2D eigenvalue weighted by Gasteiger charge is 2.57. The minimum atomic E-state index is -0.257. The van der Waals surface area contributed by atoms with E-state index in [0.717, 1.165) is 0 Å². The lowest BCUT2D eigenvalue weighted by molar-refractivity contribution is -0.128. The van der Waals surface area contributed by atoms with Crippen LogP contribution in [-0.2, 0) is 14.3 Å². The fourth-order valence-corrected chi connectivity index (χ4v) is 2.22. The zero-order chi connectivity index (χ0) is 8.29. The SMILES string of the molecule is O=C1NC(=O)C2C1C1C=C[C@@H]2O1. The standard InChI is InChI=1S/C8H7NO3/c10-7-5-3-1-2-4(12-3)6(5)8(11)9-7/h1-6H,(H,9,10,11)/t3-,4?,5?,6?/m0/s1. The van der Waals surface area contributed by atoms with Gasteiger partial charge < -0.3 is 4.74 Å². The fourth-order valence-electron chi connectivity index (χ4n) is 2.22. The van der Waals surface area contributed by atoms with E-state index in [1.54, 1.807) is 0 Å². The minimum Gasteiger partial charge on any atom is -0.365 e. The minimum absolute atomic E-state index is 0.161. The van der Waals surface area contributed by atoms with Gasteiger partial charge in [-0.1, -0.05) is 12.2 Å². The summed E-state index contributed by atoms with van der Waals surface area (Å²) in [7, 11) is 0. The molecule has 3 unspecified atom stereocenters. The smallest absolute Gasteiger partial charge is 0.233 e. The molecule has 12 heavy (non-hydrogen) atoms. The maximum absolute atomic E-state index is 11.2. The zero-order valence-electron chi connectivity index (χ0n) is 6.19. The van der Waals surface area contributed by atoms with Crippen molar-refractivity contribution in [3.63, 3.8) is 0 Å². The van der Waals surface area contributed by atoms with Crippen molar-refractivity contribution in [1.29, 1.82) is 0 Å². The third-order valence-corrected chi connectivity index (χ3v) is 2.75. The molecule has 0 aromatic heterocycles. The second-order valence-corrected chi connectivity index (χ2v) is 3.36. The first-order valence-electron chi connectivity index (χ1n) is 3.96. The van der Waals surface area contributed by atoms with E-state index in [1.807, 2.05) is 12.2 Å². The molecule has 3 aliphatic heterocycles. The summed E-state index contributed by atoms with van der Waals surface area (Å²) in [5, 5.41) is 2.32. The highest BCUT2D eigenvalue weighted by Crippen LogP contribution is 2.41. The number of nitrogens with one attached hydrogen (secondary N) is 1. The molecular weight excluding hydrogens is 158 g/mol. The molecule has 4 heteroatoms. The first-order valence-corrected chi connectivity index (χ1v) is 3.96. The van der Waals surface area contributed by atoms with E-state index in [4.69, 9.17) is 4.74 Å². The molecule has 2 saturated heterocycles. The normalized spacial score (nSPS) is 48.3. The highest BCUT2D eigenvalue weighted by molar-refractivity contribution is 6.06. The molecule has 4 nitrogen and oxygen atoms in total. The average molecular weight is 165 g/mol. The van der Waals surface area contributed by atoms with Crippen LogP contribution in [0.5, 0.6) is 0 Å². The van der Waals surface area contributed by atoms with E-state index in [2.05, 4.69) is 5.32 Å². The number of carbonyl (C=O) groups excluding carboxylic acids is 2. The molecule has 1 N–H and O–H groups in total. The largest absolute Gasteiger partial charge is 0.365 e. The molecule has 4 atom stereocenters. The quantitative estimate of drug-likeness (QED) is 0.378. The second kappa shape index (κ2) is 1.77. The van der Waals surface area contributed by atoms with Gasteiger partial charge in [0.2, 0.25) is 11.8 Å². The molecule has 0 radical (unpaired) electrons. The van der Waals surface area contributed by atoms with Crippen LogP contribution >= 0.6 is 0 Å². The molecule has 0 spiro atoms. The van der Waals surface area contributed by atoms with Gasteiger partial charge in [-0.2, -0.15) is 0 Å². The summed E-state index contributed by atoms with van der Waals surface area (Å²) in [5.41, 5.74) is 0. The van der Waals surface area contributed by atoms with Crippen molar-refractivity contribution >= 4 is 11.8 Å². The van der Waals surface area contributed by atoms with Gasteiger partial charge in [0.25, 0.3) is 0 Å². The van der Waals surface area contributed by atoms with E-state index in [9.17, 15) is 9.59 Å². The van der Waals surface area contributed by atoms with E-state index < -0.39 is 0 Å². The molecule has 2 fully saturated rings. The van der Waals surface area contributed by atoms with E-state index in [0.29, 0.717) is 0 Å². The molecule has 3 rings (SSSR count). The Kier molecular flexibility index (Phi) is 0.939. The van der Waals surface area contributed by atoms with Crippen LogP contribution in [0.15, 0.2) is 12.2 Å². The summed E-state index contributed by atoms with van der Waals surface area (Å²) in [6.45, 7) is 0. The molecule has 3 heterocycles. The summed E-state index contributed by atoms with van der Waals surface area (Å²) >= 11 is 0. The third kappa shape index (κ3) is 0.536. The Morgan fingerprint density at radius 3 is 2.08 bits per heavy atom. The Labute approximate surface area is 68.6 Å². The van der Waals surface area contributed by atoms with Gasteiger partial charge in [0, 0.05) is 0 Å². The predicted octanol–water partition coefficient (Wildman–Crippen LogP) is -0.788. The third-order valence-electron chi connectivity index (χ3n) is 2.75. The van der Waals surface area contributed by atoms with Crippen molar-refractivity contribution in [3.05, 3.63) is 12.2 Å². The van der Waals surface area contributed by atoms with Crippen molar-refractivity contribution in [2.24, 2.45) is 11.8 Å². The molecule has 2 amide bonds. The van der Waals surface area contributed by atoms with Crippen molar-refractivity contribution in [3.8, 4) is 0 Å². The van der Waals surface area contributed by atoms with E-state index in [1.165, 1.54) is 0 Å².